The van der Waals surface area contributed by atoms with Gasteiger partial charge in [0.05, 0.1) is 0 Å². The standard InChI is InChI=1S/C7H14N4S/c1-3-4-5(2)9-7-10-6(8)11-12-7/h5H,3-4H2,1-2H3,(H3,8,9,10,11). The molecule has 1 atom stereocenters. The van der Waals surface area contributed by atoms with Crippen LogP contribution in [0.1, 0.15) is 26.7 Å². The van der Waals surface area contributed by atoms with Crippen LogP contribution in [0.3, 0.4) is 0 Å². The topological polar surface area (TPSA) is 63.8 Å². The first kappa shape index (κ1) is 9.25. The summed E-state index contributed by atoms with van der Waals surface area (Å²) < 4.78 is 3.88. The number of aromatic nitrogens is 2. The molecule has 1 unspecified atom stereocenters. The third-order valence-electron chi connectivity index (χ3n) is 1.53. The Morgan fingerprint density at radius 2 is 2.42 bits per heavy atom. The van der Waals surface area contributed by atoms with Crippen molar-refractivity contribution in [2.45, 2.75) is 32.7 Å². The summed E-state index contributed by atoms with van der Waals surface area (Å²) >= 11 is 1.31. The fourth-order valence-corrected chi connectivity index (χ4v) is 1.62. The van der Waals surface area contributed by atoms with Crippen molar-refractivity contribution >= 4 is 22.6 Å². The predicted octanol–water partition coefficient (Wildman–Crippen LogP) is 1.72. The molecule has 68 valence electrons. The summed E-state index contributed by atoms with van der Waals surface area (Å²) in [6.07, 6.45) is 2.31. The molecule has 1 heterocycles. The molecule has 12 heavy (non-hydrogen) atoms. The molecular formula is C7H14N4S. The van der Waals surface area contributed by atoms with E-state index in [4.69, 9.17) is 5.73 Å². The van der Waals surface area contributed by atoms with E-state index in [1.165, 1.54) is 18.0 Å². The molecule has 0 spiro atoms. The van der Waals surface area contributed by atoms with Crippen molar-refractivity contribution in [1.29, 1.82) is 0 Å². The van der Waals surface area contributed by atoms with Crippen molar-refractivity contribution < 1.29 is 0 Å². The molecule has 0 bridgehead atoms. The summed E-state index contributed by atoms with van der Waals surface area (Å²) in [4.78, 5) is 4.01. The fraction of sp³-hybridized carbons (Fsp3) is 0.714. The van der Waals surface area contributed by atoms with Crippen molar-refractivity contribution in [3.8, 4) is 0 Å². The van der Waals surface area contributed by atoms with Gasteiger partial charge in [0, 0.05) is 17.6 Å². The van der Waals surface area contributed by atoms with Gasteiger partial charge in [0.15, 0.2) is 0 Å². The second-order valence-electron chi connectivity index (χ2n) is 2.79. The number of hydrogen-bond donors (Lipinski definition) is 2. The highest BCUT2D eigenvalue weighted by molar-refractivity contribution is 7.09. The van der Waals surface area contributed by atoms with Gasteiger partial charge in [-0.1, -0.05) is 13.3 Å². The highest BCUT2D eigenvalue weighted by Gasteiger charge is 2.03. The van der Waals surface area contributed by atoms with Crippen LogP contribution >= 0.6 is 11.5 Å². The maximum absolute atomic E-state index is 5.38. The van der Waals surface area contributed by atoms with Gasteiger partial charge in [-0.3, -0.25) is 0 Å². The maximum Gasteiger partial charge on any atom is 0.233 e. The molecule has 0 aromatic carbocycles. The summed E-state index contributed by atoms with van der Waals surface area (Å²) in [5.74, 6) is 0.353. The molecule has 4 nitrogen and oxygen atoms in total. The molecule has 5 heteroatoms. The van der Waals surface area contributed by atoms with E-state index in [9.17, 15) is 0 Å². The molecule has 0 aliphatic carbocycles. The van der Waals surface area contributed by atoms with Crippen LogP contribution in [0.2, 0.25) is 0 Å². The number of nitrogen functional groups attached to an aromatic ring is 1. The second kappa shape index (κ2) is 4.25. The van der Waals surface area contributed by atoms with Crippen LogP contribution in [0.25, 0.3) is 0 Å². The monoisotopic (exact) mass is 186 g/mol. The zero-order chi connectivity index (χ0) is 8.97. The molecule has 0 amide bonds. The Labute approximate surface area is 76.4 Å². The summed E-state index contributed by atoms with van der Waals surface area (Å²) in [6.45, 7) is 4.29. The highest BCUT2D eigenvalue weighted by Crippen LogP contribution is 2.14. The maximum atomic E-state index is 5.38. The molecule has 1 aromatic heterocycles. The fourth-order valence-electron chi connectivity index (χ4n) is 1.01. The normalized spacial score (nSPS) is 12.8. The van der Waals surface area contributed by atoms with Crippen LogP contribution in [-0.2, 0) is 0 Å². The quantitative estimate of drug-likeness (QED) is 0.751. The van der Waals surface area contributed by atoms with Gasteiger partial charge in [-0.05, 0) is 13.3 Å². The lowest BCUT2D eigenvalue weighted by Crippen LogP contribution is -2.14. The summed E-state index contributed by atoms with van der Waals surface area (Å²) in [5.41, 5.74) is 5.38. The Morgan fingerprint density at radius 1 is 1.67 bits per heavy atom. The van der Waals surface area contributed by atoms with Crippen LogP contribution < -0.4 is 11.1 Å². The van der Waals surface area contributed by atoms with Crippen molar-refractivity contribution in [1.82, 2.24) is 9.36 Å². The highest BCUT2D eigenvalue weighted by atomic mass is 32.1. The van der Waals surface area contributed by atoms with Gasteiger partial charge in [0.1, 0.15) is 0 Å². The molecule has 1 rings (SSSR count). The smallest absolute Gasteiger partial charge is 0.233 e. The Hall–Kier alpha value is -0.840. The van der Waals surface area contributed by atoms with E-state index in [1.54, 1.807) is 0 Å². The summed E-state index contributed by atoms with van der Waals surface area (Å²) in [6, 6.07) is 0.447. The molecule has 0 radical (unpaired) electrons. The second-order valence-corrected chi connectivity index (χ2v) is 3.54. The van der Waals surface area contributed by atoms with E-state index in [1.807, 2.05) is 0 Å². The Bertz CT molecular complexity index is 235. The number of anilines is 2. The Kier molecular flexibility index (Phi) is 3.28. The summed E-state index contributed by atoms with van der Waals surface area (Å²) in [5, 5.41) is 4.04. The van der Waals surface area contributed by atoms with Gasteiger partial charge < -0.3 is 11.1 Å². The molecule has 0 fully saturated rings. The SMILES string of the molecule is CCCC(C)Nc1nc(N)ns1. The number of nitrogens with zero attached hydrogens (tertiary/aromatic N) is 2. The third-order valence-corrected chi connectivity index (χ3v) is 2.19. The van der Waals surface area contributed by atoms with Crippen molar-refractivity contribution in [3.63, 3.8) is 0 Å². The number of rotatable bonds is 4. The first-order valence-corrected chi connectivity index (χ1v) is 4.85. The first-order chi connectivity index (χ1) is 5.72. The van der Waals surface area contributed by atoms with Crippen molar-refractivity contribution in [2.75, 3.05) is 11.1 Å². The van der Waals surface area contributed by atoms with Gasteiger partial charge in [-0.2, -0.15) is 9.36 Å². The zero-order valence-corrected chi connectivity index (χ0v) is 8.19. The van der Waals surface area contributed by atoms with E-state index in [-0.39, 0.29) is 0 Å². The lowest BCUT2D eigenvalue weighted by atomic mass is 10.2. The molecular weight excluding hydrogens is 172 g/mol. The van der Waals surface area contributed by atoms with E-state index in [2.05, 4.69) is 28.5 Å². The minimum atomic E-state index is 0.353. The van der Waals surface area contributed by atoms with Crippen molar-refractivity contribution in [3.05, 3.63) is 0 Å². The Balaban J connectivity index is 2.41. The molecule has 0 saturated carbocycles. The van der Waals surface area contributed by atoms with Crippen LogP contribution in [0.4, 0.5) is 11.1 Å². The van der Waals surface area contributed by atoms with Crippen LogP contribution in [0, 0.1) is 0 Å². The van der Waals surface area contributed by atoms with Gasteiger partial charge in [0.2, 0.25) is 11.1 Å². The van der Waals surface area contributed by atoms with Gasteiger partial charge in [-0.15, -0.1) is 0 Å². The average Bonchev–Trinajstić information content (AvgIpc) is 2.36. The number of hydrogen-bond acceptors (Lipinski definition) is 5. The first-order valence-electron chi connectivity index (χ1n) is 4.08. The molecule has 3 N–H and O–H groups in total. The van der Waals surface area contributed by atoms with Crippen LogP contribution in [0.15, 0.2) is 0 Å². The van der Waals surface area contributed by atoms with Gasteiger partial charge in [-0.25, -0.2) is 0 Å². The lowest BCUT2D eigenvalue weighted by Gasteiger charge is -2.09. The van der Waals surface area contributed by atoms with Crippen LogP contribution in [0.5, 0.6) is 0 Å². The summed E-state index contributed by atoms with van der Waals surface area (Å²) in [7, 11) is 0. The van der Waals surface area contributed by atoms with Crippen LogP contribution in [-0.4, -0.2) is 15.4 Å². The van der Waals surface area contributed by atoms with Gasteiger partial charge in [0.25, 0.3) is 0 Å². The molecule has 0 saturated heterocycles. The van der Waals surface area contributed by atoms with E-state index >= 15 is 0 Å². The zero-order valence-electron chi connectivity index (χ0n) is 7.37. The van der Waals surface area contributed by atoms with E-state index < -0.39 is 0 Å². The number of nitrogens with two attached hydrogens (primary N) is 1. The average molecular weight is 186 g/mol. The predicted molar refractivity (Wildman–Crippen MR) is 52.3 cm³/mol. The number of nitrogens with one attached hydrogen (secondary N) is 1. The molecule has 1 aromatic rings. The minimum absolute atomic E-state index is 0.353. The van der Waals surface area contributed by atoms with Gasteiger partial charge >= 0.3 is 0 Å². The minimum Gasteiger partial charge on any atom is -0.367 e. The largest absolute Gasteiger partial charge is 0.367 e. The Morgan fingerprint density at radius 3 is 2.92 bits per heavy atom. The van der Waals surface area contributed by atoms with Crippen molar-refractivity contribution in [2.24, 2.45) is 0 Å². The lowest BCUT2D eigenvalue weighted by molar-refractivity contribution is 0.690. The third kappa shape index (κ3) is 2.65. The van der Waals surface area contributed by atoms with E-state index in [0.717, 1.165) is 11.6 Å². The van der Waals surface area contributed by atoms with E-state index in [0.29, 0.717) is 12.0 Å². The molecule has 0 aliphatic rings. The molecule has 0 aliphatic heterocycles.